The van der Waals surface area contributed by atoms with Crippen molar-refractivity contribution in [2.24, 2.45) is 0 Å². The Morgan fingerprint density at radius 1 is 1.04 bits per heavy atom. The van der Waals surface area contributed by atoms with E-state index in [1.54, 1.807) is 5.38 Å². The van der Waals surface area contributed by atoms with E-state index in [-0.39, 0.29) is 18.1 Å². The van der Waals surface area contributed by atoms with Gasteiger partial charge in [-0.15, -0.1) is 11.3 Å². The maximum atomic E-state index is 12.2. The van der Waals surface area contributed by atoms with Gasteiger partial charge in [-0.1, -0.05) is 48.0 Å². The predicted octanol–water partition coefficient (Wildman–Crippen LogP) is 3.30. The summed E-state index contributed by atoms with van der Waals surface area (Å²) in [6.45, 7) is 4.04. The number of nitrogens with zero attached hydrogens (tertiary/aromatic N) is 1. The number of hydrogen-bond donors (Lipinski definition) is 3. The molecule has 3 aromatic rings. The van der Waals surface area contributed by atoms with E-state index in [0.29, 0.717) is 0 Å². The molecule has 0 saturated heterocycles. The molecule has 0 atom stereocenters. The standard InChI is InChI=1S/C20H20N4O2S/c1-13-8-9-16(14(2)10-13)21-11-18(25)23-24-19(26)17-12-27-20(22-17)15-6-4-3-5-7-15/h3-10,12,21H,11H2,1-2H3,(H,23,25)(H,24,26). The molecule has 2 amide bonds. The molecule has 3 rings (SSSR count). The molecule has 138 valence electrons. The molecule has 0 fully saturated rings. The molecule has 6 nitrogen and oxygen atoms in total. The lowest BCUT2D eigenvalue weighted by Gasteiger charge is -2.11. The molecule has 7 heteroatoms. The molecule has 0 aliphatic heterocycles. The van der Waals surface area contributed by atoms with Gasteiger partial charge in [-0.05, 0) is 25.5 Å². The van der Waals surface area contributed by atoms with Crippen LogP contribution in [0.4, 0.5) is 5.69 Å². The monoisotopic (exact) mass is 380 g/mol. The first kappa shape index (κ1) is 18.6. The highest BCUT2D eigenvalue weighted by Crippen LogP contribution is 2.23. The smallest absolute Gasteiger partial charge is 0.289 e. The Labute approximate surface area is 161 Å². The zero-order valence-electron chi connectivity index (χ0n) is 15.1. The summed E-state index contributed by atoms with van der Waals surface area (Å²) in [4.78, 5) is 28.4. The topological polar surface area (TPSA) is 83.1 Å². The van der Waals surface area contributed by atoms with Crippen LogP contribution >= 0.6 is 11.3 Å². The summed E-state index contributed by atoms with van der Waals surface area (Å²) in [6.07, 6.45) is 0. The predicted molar refractivity (Wildman–Crippen MR) is 108 cm³/mol. The zero-order chi connectivity index (χ0) is 19.2. The van der Waals surface area contributed by atoms with Crippen LogP contribution in [0, 0.1) is 13.8 Å². The van der Waals surface area contributed by atoms with Crippen LogP contribution in [-0.2, 0) is 4.79 Å². The normalized spacial score (nSPS) is 10.3. The van der Waals surface area contributed by atoms with Crippen molar-refractivity contribution in [2.75, 3.05) is 11.9 Å². The minimum Gasteiger partial charge on any atom is -0.376 e. The van der Waals surface area contributed by atoms with Gasteiger partial charge >= 0.3 is 0 Å². The molecule has 0 bridgehead atoms. The second-order valence-corrected chi connectivity index (χ2v) is 6.94. The van der Waals surface area contributed by atoms with Crippen molar-refractivity contribution in [3.63, 3.8) is 0 Å². The quantitative estimate of drug-likeness (QED) is 0.593. The van der Waals surface area contributed by atoms with E-state index in [9.17, 15) is 9.59 Å². The Morgan fingerprint density at radius 3 is 2.56 bits per heavy atom. The molecule has 0 spiro atoms. The van der Waals surface area contributed by atoms with Crippen LogP contribution in [0.3, 0.4) is 0 Å². The average Bonchev–Trinajstić information content (AvgIpc) is 3.16. The maximum Gasteiger partial charge on any atom is 0.289 e. The van der Waals surface area contributed by atoms with Crippen molar-refractivity contribution in [1.82, 2.24) is 15.8 Å². The Bertz CT molecular complexity index is 954. The third-order valence-electron chi connectivity index (χ3n) is 3.89. The van der Waals surface area contributed by atoms with Crippen LogP contribution in [0.25, 0.3) is 10.6 Å². The maximum absolute atomic E-state index is 12.2. The molecule has 27 heavy (non-hydrogen) atoms. The largest absolute Gasteiger partial charge is 0.376 e. The number of amides is 2. The number of anilines is 1. The lowest BCUT2D eigenvalue weighted by atomic mass is 10.1. The number of benzene rings is 2. The second-order valence-electron chi connectivity index (χ2n) is 6.08. The van der Waals surface area contributed by atoms with Crippen molar-refractivity contribution in [1.29, 1.82) is 0 Å². The average molecular weight is 380 g/mol. The Hall–Kier alpha value is -3.19. The van der Waals surface area contributed by atoms with E-state index < -0.39 is 5.91 Å². The van der Waals surface area contributed by atoms with Gasteiger partial charge in [0.05, 0.1) is 6.54 Å². The minimum atomic E-state index is -0.451. The summed E-state index contributed by atoms with van der Waals surface area (Å²) >= 11 is 1.38. The third-order valence-corrected chi connectivity index (χ3v) is 4.79. The molecule has 0 radical (unpaired) electrons. The number of nitrogens with one attached hydrogen (secondary N) is 3. The van der Waals surface area contributed by atoms with Crippen LogP contribution < -0.4 is 16.2 Å². The highest BCUT2D eigenvalue weighted by atomic mass is 32.1. The van der Waals surface area contributed by atoms with Gasteiger partial charge in [0.1, 0.15) is 10.7 Å². The van der Waals surface area contributed by atoms with Gasteiger partial charge in [0.15, 0.2) is 0 Å². The fourth-order valence-corrected chi connectivity index (χ4v) is 3.32. The van der Waals surface area contributed by atoms with E-state index >= 15 is 0 Å². The lowest BCUT2D eigenvalue weighted by molar-refractivity contribution is -0.120. The lowest BCUT2D eigenvalue weighted by Crippen LogP contribution is -2.44. The Kier molecular flexibility index (Phi) is 5.83. The van der Waals surface area contributed by atoms with Gasteiger partial charge in [0.25, 0.3) is 11.8 Å². The van der Waals surface area contributed by atoms with Crippen molar-refractivity contribution >= 4 is 28.8 Å². The number of hydrogen-bond acceptors (Lipinski definition) is 5. The van der Waals surface area contributed by atoms with E-state index in [4.69, 9.17) is 0 Å². The van der Waals surface area contributed by atoms with E-state index in [2.05, 4.69) is 21.2 Å². The van der Waals surface area contributed by atoms with Crippen molar-refractivity contribution in [3.8, 4) is 10.6 Å². The third kappa shape index (κ3) is 4.92. The van der Waals surface area contributed by atoms with E-state index in [0.717, 1.165) is 27.4 Å². The van der Waals surface area contributed by atoms with Crippen LogP contribution in [0.5, 0.6) is 0 Å². The van der Waals surface area contributed by atoms with Gasteiger partial charge in [-0.3, -0.25) is 20.4 Å². The van der Waals surface area contributed by atoms with Gasteiger partial charge in [-0.25, -0.2) is 4.98 Å². The highest BCUT2D eigenvalue weighted by Gasteiger charge is 2.12. The minimum absolute atomic E-state index is 0.0521. The number of carbonyl (C=O) groups excluding carboxylic acids is 2. The summed E-state index contributed by atoms with van der Waals surface area (Å²) in [5.41, 5.74) is 9.10. The molecule has 0 aliphatic rings. The summed E-state index contributed by atoms with van der Waals surface area (Å²) in [6, 6.07) is 15.6. The number of rotatable bonds is 5. The summed E-state index contributed by atoms with van der Waals surface area (Å²) in [7, 11) is 0. The summed E-state index contributed by atoms with van der Waals surface area (Å²) < 4.78 is 0. The molecule has 3 N–H and O–H groups in total. The SMILES string of the molecule is Cc1ccc(NCC(=O)NNC(=O)c2csc(-c3ccccc3)n2)c(C)c1. The number of hydrazine groups is 1. The highest BCUT2D eigenvalue weighted by molar-refractivity contribution is 7.13. The van der Waals surface area contributed by atoms with Crippen LogP contribution in [-0.4, -0.2) is 23.3 Å². The van der Waals surface area contributed by atoms with Gasteiger partial charge < -0.3 is 5.32 Å². The number of aromatic nitrogens is 1. The molecule has 1 heterocycles. The Balaban J connectivity index is 1.50. The Morgan fingerprint density at radius 2 is 1.81 bits per heavy atom. The van der Waals surface area contributed by atoms with Gasteiger partial charge in [-0.2, -0.15) is 0 Å². The van der Waals surface area contributed by atoms with Crippen molar-refractivity contribution in [3.05, 3.63) is 70.7 Å². The van der Waals surface area contributed by atoms with Gasteiger partial charge in [0.2, 0.25) is 0 Å². The zero-order valence-corrected chi connectivity index (χ0v) is 15.9. The molecule has 0 saturated carbocycles. The first-order valence-corrected chi connectivity index (χ1v) is 9.32. The van der Waals surface area contributed by atoms with Crippen molar-refractivity contribution in [2.45, 2.75) is 13.8 Å². The fraction of sp³-hybridized carbons (Fsp3) is 0.150. The molecule has 1 aromatic heterocycles. The number of aryl methyl sites for hydroxylation is 2. The summed E-state index contributed by atoms with van der Waals surface area (Å²) in [5, 5.41) is 5.47. The first-order chi connectivity index (χ1) is 13.0. The molecule has 0 aliphatic carbocycles. The van der Waals surface area contributed by atoms with Crippen LogP contribution in [0.2, 0.25) is 0 Å². The van der Waals surface area contributed by atoms with E-state index in [1.165, 1.54) is 11.3 Å². The number of thiazole rings is 1. The van der Waals surface area contributed by atoms with Crippen LogP contribution in [0.1, 0.15) is 21.6 Å². The molecule has 2 aromatic carbocycles. The fourth-order valence-electron chi connectivity index (χ4n) is 2.51. The van der Waals surface area contributed by atoms with Crippen molar-refractivity contribution < 1.29 is 9.59 Å². The number of carbonyl (C=O) groups is 2. The second kappa shape index (κ2) is 8.46. The van der Waals surface area contributed by atoms with Crippen LogP contribution in [0.15, 0.2) is 53.9 Å². The molecular weight excluding hydrogens is 360 g/mol. The van der Waals surface area contributed by atoms with Gasteiger partial charge in [0, 0.05) is 16.6 Å². The van der Waals surface area contributed by atoms with E-state index in [1.807, 2.05) is 62.4 Å². The summed E-state index contributed by atoms with van der Waals surface area (Å²) in [5.74, 6) is -0.796. The first-order valence-electron chi connectivity index (χ1n) is 8.44. The molecular formula is C20H20N4O2S. The molecule has 0 unspecified atom stereocenters.